The molecule has 0 aliphatic rings. The molecule has 0 rings (SSSR count). The molecule has 0 bridgehead atoms. The second-order valence-corrected chi connectivity index (χ2v) is 0.802. The first-order valence-electron chi connectivity index (χ1n) is 0.626. The molecule has 0 N–H and O–H groups in total. The number of hydrogen-bond acceptors (Lipinski definition) is 0. The highest BCUT2D eigenvalue weighted by atomic mass is 79.9. The molecule has 0 aliphatic carbocycles. The molecule has 0 spiro atoms. The van der Waals surface area contributed by atoms with Gasteiger partial charge in [-0.3, -0.25) is 0 Å². The van der Waals surface area contributed by atoms with Crippen molar-refractivity contribution in [3.05, 3.63) is 11.6 Å². The van der Waals surface area contributed by atoms with Crippen molar-refractivity contribution in [2.75, 3.05) is 0 Å². The van der Waals surface area contributed by atoms with E-state index < -0.39 is 0 Å². The molecule has 0 saturated carbocycles. The van der Waals surface area contributed by atoms with Crippen LogP contribution in [0.25, 0.3) is 0 Å². The number of rotatable bonds is 0. The van der Waals surface area contributed by atoms with Gasteiger partial charge in [0.2, 0.25) is 0 Å². The van der Waals surface area contributed by atoms with E-state index in [0.717, 1.165) is 0 Å². The van der Waals surface area contributed by atoms with Crippen molar-refractivity contribution in [2.24, 2.45) is 0 Å². The molecule has 0 radical (unpaired) electrons. The largest absolute Gasteiger partial charge is 0.147 e. The van der Waals surface area contributed by atoms with Gasteiger partial charge in [-0.25, -0.2) is 0 Å². The van der Waals surface area contributed by atoms with Gasteiger partial charge in [0.1, 0.15) is 0 Å². The van der Waals surface area contributed by atoms with Crippen LogP contribution in [-0.2, 0) is 0 Å². The average molecular weight is 180 g/mol. The summed E-state index contributed by atoms with van der Waals surface area (Å²) in [6.45, 7) is 3.28. The highest BCUT2D eigenvalue weighted by molar-refractivity contribution is 9.11. The molecule has 0 unspecified atom stereocenters. The molecule has 0 amide bonds. The van der Waals surface area contributed by atoms with Gasteiger partial charge in [0, 0.05) is 0 Å². The van der Waals surface area contributed by atoms with Gasteiger partial charge < -0.3 is 0 Å². The van der Waals surface area contributed by atoms with E-state index in [2.05, 4.69) is 22.5 Å². The van der Waals surface area contributed by atoms with Crippen LogP contribution < -0.4 is 0 Å². The van der Waals surface area contributed by atoms with Crippen molar-refractivity contribution < 1.29 is 0 Å². The lowest BCUT2D eigenvalue weighted by Crippen LogP contribution is -0.895. The van der Waals surface area contributed by atoms with E-state index in [-0.39, 0.29) is 24.8 Å². The van der Waals surface area contributed by atoms with E-state index in [4.69, 9.17) is 0 Å². The molecule has 0 atom stereocenters. The predicted molar refractivity (Wildman–Crippen MR) is 33.6 cm³/mol. The van der Waals surface area contributed by atoms with Crippen LogP contribution in [0.5, 0.6) is 0 Å². The zero-order valence-electron chi connectivity index (χ0n) is 2.48. The van der Waals surface area contributed by atoms with Gasteiger partial charge in [-0.1, -0.05) is 22.5 Å². The standard InChI is InChI=1S/C2H3Br.2ClH/c1-2-3;;/h2H,1H2;2*1H. The summed E-state index contributed by atoms with van der Waals surface area (Å²) < 4.78 is 0. The van der Waals surface area contributed by atoms with Crippen molar-refractivity contribution in [3.63, 3.8) is 0 Å². The minimum absolute atomic E-state index is 0. The summed E-state index contributed by atoms with van der Waals surface area (Å²) in [5.74, 6) is 0. The van der Waals surface area contributed by atoms with Gasteiger partial charge in [0.05, 0.1) is 0 Å². The van der Waals surface area contributed by atoms with Crippen LogP contribution in [0.15, 0.2) is 11.6 Å². The zero-order valence-corrected chi connectivity index (χ0v) is 5.70. The van der Waals surface area contributed by atoms with Gasteiger partial charge in [0.25, 0.3) is 0 Å². The molecule has 0 saturated heterocycles. The fourth-order valence-corrected chi connectivity index (χ4v) is 0. The lowest BCUT2D eigenvalue weighted by Gasteiger charge is -1.27. The van der Waals surface area contributed by atoms with E-state index in [0.29, 0.717) is 0 Å². The molecule has 0 aromatic rings. The predicted octanol–water partition coefficient (Wildman–Crippen LogP) is 2.37. The fraction of sp³-hybridized carbons (Fsp3) is 0. The Morgan fingerprint density at radius 2 is 1.40 bits per heavy atom. The Bertz CT molecular complexity index is 15.1. The minimum atomic E-state index is 0. The Labute approximate surface area is 52.6 Å². The van der Waals surface area contributed by atoms with E-state index in [9.17, 15) is 0 Å². The van der Waals surface area contributed by atoms with Gasteiger partial charge in [-0.2, -0.15) is 0 Å². The Morgan fingerprint density at radius 1 is 1.40 bits per heavy atom. The minimum Gasteiger partial charge on any atom is -0.147 e. The molecule has 0 nitrogen and oxygen atoms in total. The van der Waals surface area contributed by atoms with Crippen LogP contribution >= 0.6 is 40.7 Å². The van der Waals surface area contributed by atoms with E-state index in [1.165, 1.54) is 0 Å². The zero-order chi connectivity index (χ0) is 2.71. The summed E-state index contributed by atoms with van der Waals surface area (Å²) >= 11 is 2.91. The van der Waals surface area contributed by atoms with Crippen LogP contribution in [0, 0.1) is 0 Å². The van der Waals surface area contributed by atoms with Crippen molar-refractivity contribution in [1.29, 1.82) is 0 Å². The smallest absolute Gasteiger partial charge is 0.0261 e. The van der Waals surface area contributed by atoms with Crippen LogP contribution in [0.3, 0.4) is 0 Å². The molecule has 0 aromatic carbocycles. The monoisotopic (exact) mass is 178 g/mol. The summed E-state index contributed by atoms with van der Waals surface area (Å²) in [5.41, 5.74) is 0. The van der Waals surface area contributed by atoms with Gasteiger partial charge in [-0.15, -0.1) is 24.8 Å². The molecule has 0 fully saturated rings. The van der Waals surface area contributed by atoms with Crippen molar-refractivity contribution >= 4 is 40.7 Å². The summed E-state index contributed by atoms with van der Waals surface area (Å²) in [4.78, 5) is 1.56. The van der Waals surface area contributed by atoms with Crippen molar-refractivity contribution in [2.45, 2.75) is 0 Å². The lowest BCUT2D eigenvalue weighted by molar-refractivity contribution is 2.72. The maximum atomic E-state index is 3.28. The average Bonchev–Trinajstić information content (AvgIpc) is 0.918. The first-order valence-corrected chi connectivity index (χ1v) is 1.54. The second-order valence-electron chi connectivity index (χ2n) is 0.154. The second kappa shape index (κ2) is 21.4. The summed E-state index contributed by atoms with van der Waals surface area (Å²) in [6.07, 6.45) is 0. The third kappa shape index (κ3) is 58.8. The van der Waals surface area contributed by atoms with Crippen LogP contribution in [0.1, 0.15) is 0 Å². The first-order chi connectivity index (χ1) is 1.41. The molecule has 0 aromatic heterocycles. The van der Waals surface area contributed by atoms with Gasteiger partial charge in [0.15, 0.2) is 0 Å². The van der Waals surface area contributed by atoms with Gasteiger partial charge in [-0.05, 0) is 4.99 Å². The van der Waals surface area contributed by atoms with E-state index in [1.54, 1.807) is 4.99 Å². The highest BCUT2D eigenvalue weighted by Gasteiger charge is 1.18. The summed E-state index contributed by atoms with van der Waals surface area (Å²) in [7, 11) is 0. The van der Waals surface area contributed by atoms with Gasteiger partial charge >= 0.3 is 0 Å². The lowest BCUT2D eigenvalue weighted by atomic mass is 11.3. The van der Waals surface area contributed by atoms with Crippen LogP contribution in [-0.4, -0.2) is 0 Å². The Balaban J connectivity index is -0.0000000200. The first kappa shape index (κ1) is 17.0. The summed E-state index contributed by atoms with van der Waals surface area (Å²) in [6, 6.07) is 0. The van der Waals surface area contributed by atoms with Crippen LogP contribution in [0.4, 0.5) is 0 Å². The van der Waals surface area contributed by atoms with E-state index >= 15 is 0 Å². The van der Waals surface area contributed by atoms with E-state index in [1.807, 2.05) is 0 Å². The van der Waals surface area contributed by atoms with Crippen LogP contribution in [0.2, 0.25) is 0 Å². The normalized spacial score (nSPS) is 2.60. The topological polar surface area (TPSA) is 0 Å². The SMILES string of the molecule is C=CBr.Cl.Cl. The molecule has 5 heavy (non-hydrogen) atoms. The maximum Gasteiger partial charge on any atom is -0.0261 e. The Hall–Kier alpha value is 0.800. The Kier molecular flexibility index (Phi) is 72.9. The molecular weight excluding hydrogens is 175 g/mol. The fourth-order valence-electron chi connectivity index (χ4n) is 0. The highest BCUT2D eigenvalue weighted by Crippen LogP contribution is 1.68. The quantitative estimate of drug-likeness (QED) is 0.536. The van der Waals surface area contributed by atoms with Crippen molar-refractivity contribution in [3.8, 4) is 0 Å². The molecule has 0 aliphatic heterocycles. The van der Waals surface area contributed by atoms with Crippen molar-refractivity contribution in [1.82, 2.24) is 0 Å². The number of hydrogen-bond donors (Lipinski definition) is 0. The summed E-state index contributed by atoms with van der Waals surface area (Å²) in [5, 5.41) is 0. The molecule has 34 valence electrons. The maximum absolute atomic E-state index is 3.28. The molecular formula is C2H5BrCl2. The molecule has 0 heterocycles. The third-order valence-corrected chi connectivity index (χ3v) is 0. The Morgan fingerprint density at radius 3 is 1.40 bits per heavy atom. The third-order valence-electron chi connectivity index (χ3n) is 0. The number of halogens is 3. The molecule has 3 heteroatoms.